The van der Waals surface area contributed by atoms with Crippen LogP contribution in [0, 0.1) is 11.8 Å². The van der Waals surface area contributed by atoms with E-state index in [0.717, 1.165) is 32.4 Å². The Bertz CT molecular complexity index is 787. The van der Waals surface area contributed by atoms with Gasteiger partial charge in [0.05, 0.1) is 9.75 Å². The molecule has 4 unspecified atom stereocenters. The van der Waals surface area contributed by atoms with Crippen molar-refractivity contribution in [3.05, 3.63) is 44.8 Å². The largest absolute Gasteiger partial charge is 0.459 e. The van der Waals surface area contributed by atoms with Crippen LogP contribution in [0.15, 0.2) is 35.0 Å². The van der Waals surface area contributed by atoms with Crippen LogP contribution in [-0.2, 0) is 15.1 Å². The fourth-order valence-corrected chi connectivity index (χ4v) is 7.07. The molecule has 164 valence electrons. The van der Waals surface area contributed by atoms with Crippen molar-refractivity contribution in [1.82, 2.24) is 9.80 Å². The van der Waals surface area contributed by atoms with Crippen LogP contribution in [0.25, 0.3) is 0 Å². The van der Waals surface area contributed by atoms with Crippen LogP contribution in [0.4, 0.5) is 0 Å². The zero-order valence-electron chi connectivity index (χ0n) is 18.0. The second kappa shape index (κ2) is 9.09. The highest BCUT2D eigenvalue weighted by Crippen LogP contribution is 2.49. The quantitative estimate of drug-likeness (QED) is 0.594. The van der Waals surface area contributed by atoms with Gasteiger partial charge in [0.2, 0.25) is 5.60 Å². The minimum atomic E-state index is -1.71. The van der Waals surface area contributed by atoms with Crippen LogP contribution >= 0.6 is 22.7 Å². The summed E-state index contributed by atoms with van der Waals surface area (Å²) < 4.78 is 6.07. The normalized spacial score (nSPS) is 26.1. The van der Waals surface area contributed by atoms with E-state index in [1.165, 1.54) is 29.1 Å². The third kappa shape index (κ3) is 4.10. The summed E-state index contributed by atoms with van der Waals surface area (Å²) in [6.45, 7) is 2.14. The third-order valence-electron chi connectivity index (χ3n) is 6.74. The van der Waals surface area contributed by atoms with E-state index in [4.69, 9.17) is 4.74 Å². The van der Waals surface area contributed by atoms with Crippen LogP contribution in [0.1, 0.15) is 35.4 Å². The molecule has 7 heteroatoms. The van der Waals surface area contributed by atoms with Gasteiger partial charge in [-0.3, -0.25) is 0 Å². The molecule has 2 saturated carbocycles. The molecule has 2 fully saturated rings. The van der Waals surface area contributed by atoms with Gasteiger partial charge in [0.1, 0.15) is 6.10 Å². The first-order valence-electron chi connectivity index (χ1n) is 10.8. The molecule has 2 aliphatic carbocycles. The second-order valence-corrected chi connectivity index (χ2v) is 10.9. The predicted molar refractivity (Wildman–Crippen MR) is 122 cm³/mol. The van der Waals surface area contributed by atoms with Crippen molar-refractivity contribution >= 4 is 28.6 Å². The molecule has 2 aromatic rings. The topological polar surface area (TPSA) is 53.0 Å². The van der Waals surface area contributed by atoms with Gasteiger partial charge in [0.15, 0.2) is 0 Å². The molecule has 2 heterocycles. The summed E-state index contributed by atoms with van der Waals surface area (Å²) in [5, 5.41) is 15.3. The first-order valence-corrected chi connectivity index (χ1v) is 12.5. The van der Waals surface area contributed by atoms with E-state index >= 15 is 0 Å². The number of hydrogen-bond acceptors (Lipinski definition) is 7. The summed E-state index contributed by atoms with van der Waals surface area (Å²) in [5.41, 5.74) is -1.71. The maximum Gasteiger partial charge on any atom is 0.349 e. The van der Waals surface area contributed by atoms with E-state index in [0.29, 0.717) is 27.6 Å². The van der Waals surface area contributed by atoms with E-state index in [-0.39, 0.29) is 6.10 Å². The SMILES string of the molecule is CN(C)CCCN(C)C1C2CCC1C(OC(=O)C(O)(c1cccs1)c1cccs1)C2. The van der Waals surface area contributed by atoms with Crippen LogP contribution in [-0.4, -0.2) is 67.3 Å². The molecule has 0 spiro atoms. The summed E-state index contributed by atoms with van der Waals surface area (Å²) in [5.74, 6) is 0.409. The molecule has 2 aromatic heterocycles. The number of aliphatic hydroxyl groups is 1. The zero-order valence-corrected chi connectivity index (χ0v) is 19.6. The Morgan fingerprint density at radius 1 is 1.13 bits per heavy atom. The molecule has 4 rings (SSSR count). The number of hydrogen-bond donors (Lipinski definition) is 1. The number of carbonyl (C=O) groups is 1. The van der Waals surface area contributed by atoms with Crippen molar-refractivity contribution in [2.75, 3.05) is 34.2 Å². The summed E-state index contributed by atoms with van der Waals surface area (Å²) >= 11 is 2.78. The first kappa shape index (κ1) is 22.0. The molecule has 4 atom stereocenters. The predicted octanol–water partition coefficient (Wildman–Crippen LogP) is 3.64. The van der Waals surface area contributed by atoms with Crippen molar-refractivity contribution in [3.63, 3.8) is 0 Å². The fourth-order valence-electron chi connectivity index (χ4n) is 5.36. The van der Waals surface area contributed by atoms with Gasteiger partial charge in [-0.2, -0.15) is 0 Å². The Labute approximate surface area is 187 Å². The molecular weight excluding hydrogens is 416 g/mol. The Morgan fingerprint density at radius 2 is 1.80 bits per heavy atom. The maximum absolute atomic E-state index is 13.3. The number of rotatable bonds is 9. The van der Waals surface area contributed by atoms with Crippen molar-refractivity contribution in [2.24, 2.45) is 11.8 Å². The van der Waals surface area contributed by atoms with Gasteiger partial charge in [-0.05, 0) is 88.7 Å². The molecule has 30 heavy (non-hydrogen) atoms. The molecule has 0 amide bonds. The first-order chi connectivity index (χ1) is 14.4. The lowest BCUT2D eigenvalue weighted by Crippen LogP contribution is -2.42. The molecule has 0 radical (unpaired) electrons. The van der Waals surface area contributed by atoms with Gasteiger partial charge in [-0.25, -0.2) is 4.79 Å². The highest BCUT2D eigenvalue weighted by atomic mass is 32.1. The maximum atomic E-state index is 13.3. The molecule has 1 N–H and O–H groups in total. The minimum Gasteiger partial charge on any atom is -0.459 e. The average Bonchev–Trinajstić information content (AvgIpc) is 3.51. The molecular formula is C23H32N2O3S2. The van der Waals surface area contributed by atoms with Gasteiger partial charge in [-0.1, -0.05) is 12.1 Å². The van der Waals surface area contributed by atoms with Gasteiger partial charge < -0.3 is 19.6 Å². The van der Waals surface area contributed by atoms with E-state index in [2.05, 4.69) is 30.9 Å². The number of nitrogens with zero attached hydrogens (tertiary/aromatic N) is 2. The zero-order chi connectivity index (χ0) is 21.3. The summed E-state index contributed by atoms with van der Waals surface area (Å²) in [6.07, 6.45) is 4.25. The van der Waals surface area contributed by atoms with E-state index in [9.17, 15) is 9.90 Å². The molecule has 0 aromatic carbocycles. The van der Waals surface area contributed by atoms with Gasteiger partial charge >= 0.3 is 5.97 Å². The van der Waals surface area contributed by atoms with Gasteiger partial charge in [0, 0.05) is 12.0 Å². The number of fused-ring (bicyclic) bond motifs is 2. The summed E-state index contributed by atoms with van der Waals surface area (Å²) in [4.78, 5) is 19.3. The van der Waals surface area contributed by atoms with E-state index < -0.39 is 11.6 Å². The van der Waals surface area contributed by atoms with Gasteiger partial charge in [-0.15, -0.1) is 22.7 Å². The Morgan fingerprint density at radius 3 is 2.37 bits per heavy atom. The minimum absolute atomic E-state index is 0.107. The Kier molecular flexibility index (Phi) is 6.65. The van der Waals surface area contributed by atoms with E-state index in [1.54, 1.807) is 0 Å². The van der Waals surface area contributed by atoms with Gasteiger partial charge in [0.25, 0.3) is 0 Å². The van der Waals surface area contributed by atoms with Crippen LogP contribution in [0.2, 0.25) is 0 Å². The Balaban J connectivity index is 1.46. The molecule has 0 aliphatic heterocycles. The Hall–Kier alpha value is -1.25. The number of ether oxygens (including phenoxy) is 1. The molecule has 2 aliphatic rings. The van der Waals surface area contributed by atoms with E-state index in [1.807, 2.05) is 35.0 Å². The lowest BCUT2D eigenvalue weighted by atomic mass is 9.96. The number of carbonyl (C=O) groups excluding carboxylic acids is 1. The highest BCUT2D eigenvalue weighted by molar-refractivity contribution is 7.12. The third-order valence-corrected chi connectivity index (χ3v) is 8.70. The fraction of sp³-hybridized carbons (Fsp3) is 0.609. The molecule has 5 nitrogen and oxygen atoms in total. The monoisotopic (exact) mass is 448 g/mol. The van der Waals surface area contributed by atoms with Crippen molar-refractivity contribution in [1.29, 1.82) is 0 Å². The van der Waals surface area contributed by atoms with Crippen molar-refractivity contribution < 1.29 is 14.6 Å². The lowest BCUT2D eigenvalue weighted by molar-refractivity contribution is -0.170. The highest BCUT2D eigenvalue weighted by Gasteiger charge is 2.53. The second-order valence-electron chi connectivity index (χ2n) is 8.97. The summed E-state index contributed by atoms with van der Waals surface area (Å²) in [6, 6.07) is 7.83. The number of thiophene rings is 2. The van der Waals surface area contributed by atoms with Crippen LogP contribution in [0.5, 0.6) is 0 Å². The lowest BCUT2D eigenvalue weighted by Gasteiger charge is -2.31. The van der Waals surface area contributed by atoms with Crippen LogP contribution in [0.3, 0.4) is 0 Å². The smallest absolute Gasteiger partial charge is 0.349 e. The number of esters is 1. The van der Waals surface area contributed by atoms with Crippen molar-refractivity contribution in [2.45, 2.75) is 43.4 Å². The standard InChI is InChI=1S/C23H32N2O3S2/c1-24(2)11-6-12-25(3)21-16-9-10-17(21)18(15-16)28-22(26)23(27,19-7-4-13-29-19)20-8-5-14-30-20/h4-5,7-8,13-14,16-18,21,27H,6,9-12,15H2,1-3H3. The van der Waals surface area contributed by atoms with Crippen molar-refractivity contribution in [3.8, 4) is 0 Å². The molecule has 2 bridgehead atoms. The average molecular weight is 449 g/mol. The molecule has 0 saturated heterocycles. The van der Waals surface area contributed by atoms with Crippen LogP contribution < -0.4 is 0 Å². The summed E-state index contributed by atoms with van der Waals surface area (Å²) in [7, 11) is 6.43.